The molecule has 1 aromatic carbocycles. The second-order valence-corrected chi connectivity index (χ2v) is 5.41. The Kier molecular flexibility index (Phi) is 4.76. The zero-order chi connectivity index (χ0) is 14.9. The van der Waals surface area contributed by atoms with E-state index in [1.54, 1.807) is 12.1 Å². The van der Waals surface area contributed by atoms with Crippen molar-refractivity contribution in [1.82, 2.24) is 4.98 Å². The van der Waals surface area contributed by atoms with Crippen molar-refractivity contribution in [3.05, 3.63) is 50.2 Å². The highest BCUT2D eigenvalue weighted by Gasteiger charge is 2.16. The van der Waals surface area contributed by atoms with Gasteiger partial charge in [0.2, 0.25) is 0 Å². The Morgan fingerprint density at radius 3 is 2.25 bits per heavy atom. The first-order valence-corrected chi connectivity index (χ1v) is 6.84. The van der Waals surface area contributed by atoms with Gasteiger partial charge in [-0.25, -0.2) is 9.78 Å². The zero-order valence-corrected chi connectivity index (χ0v) is 13.1. The minimum atomic E-state index is -0.592. The summed E-state index contributed by atoms with van der Waals surface area (Å²) in [5.74, 6) is -0.592. The number of aromatic nitrogens is 1. The van der Waals surface area contributed by atoms with Gasteiger partial charge in [-0.2, -0.15) is 0 Å². The molecule has 0 unspecified atom stereocenters. The van der Waals surface area contributed by atoms with Gasteiger partial charge in [0.15, 0.2) is 0 Å². The molecule has 3 nitrogen and oxygen atoms in total. The van der Waals surface area contributed by atoms with Crippen LogP contribution in [-0.2, 0) is 4.74 Å². The van der Waals surface area contributed by atoms with Gasteiger partial charge in [-0.05, 0) is 18.2 Å². The monoisotopic (exact) mass is 349 g/mol. The summed E-state index contributed by atoms with van der Waals surface area (Å²) in [5.41, 5.74) is 1.20. The van der Waals surface area contributed by atoms with E-state index in [4.69, 9.17) is 46.4 Å². The molecule has 0 saturated carbocycles. The van der Waals surface area contributed by atoms with Crippen LogP contribution >= 0.6 is 46.4 Å². The van der Waals surface area contributed by atoms with Crippen LogP contribution in [0.4, 0.5) is 0 Å². The molecule has 0 spiro atoms. The lowest BCUT2D eigenvalue weighted by molar-refractivity contribution is 0.0600. The molecule has 7 heteroatoms. The van der Waals surface area contributed by atoms with E-state index in [1.165, 1.54) is 19.4 Å². The lowest BCUT2D eigenvalue weighted by atomic mass is 10.1. The number of halogens is 4. The van der Waals surface area contributed by atoms with Crippen LogP contribution in [0, 0.1) is 0 Å². The first-order chi connectivity index (χ1) is 9.43. The molecule has 104 valence electrons. The number of pyridine rings is 1. The third kappa shape index (κ3) is 3.01. The molecule has 0 N–H and O–H groups in total. The summed E-state index contributed by atoms with van der Waals surface area (Å²) in [5, 5.41) is 1.16. The van der Waals surface area contributed by atoms with E-state index in [0.717, 1.165) is 0 Å². The summed E-state index contributed by atoms with van der Waals surface area (Å²) < 4.78 is 4.64. The Hall–Kier alpha value is -1.00. The topological polar surface area (TPSA) is 39.2 Å². The average molecular weight is 351 g/mol. The van der Waals surface area contributed by atoms with Crippen molar-refractivity contribution < 1.29 is 9.53 Å². The van der Waals surface area contributed by atoms with Gasteiger partial charge in [-0.1, -0.05) is 46.4 Å². The fraction of sp³-hybridized carbons (Fsp3) is 0.0769. The van der Waals surface area contributed by atoms with Gasteiger partial charge < -0.3 is 4.74 Å². The number of benzene rings is 1. The zero-order valence-electron chi connectivity index (χ0n) is 10.1. The first kappa shape index (κ1) is 15.4. The second-order valence-electron chi connectivity index (χ2n) is 3.80. The molecule has 0 amide bonds. The smallest absolute Gasteiger partial charge is 0.341 e. The van der Waals surface area contributed by atoms with Crippen molar-refractivity contribution in [3.8, 4) is 11.1 Å². The lowest BCUT2D eigenvalue weighted by Gasteiger charge is -2.09. The van der Waals surface area contributed by atoms with Crippen molar-refractivity contribution in [1.29, 1.82) is 0 Å². The van der Waals surface area contributed by atoms with E-state index < -0.39 is 5.97 Å². The van der Waals surface area contributed by atoms with Crippen LogP contribution in [0.15, 0.2) is 24.4 Å². The molecule has 0 saturated heterocycles. The van der Waals surface area contributed by atoms with E-state index in [9.17, 15) is 4.79 Å². The minimum absolute atomic E-state index is 0.0433. The maximum atomic E-state index is 11.6. The SMILES string of the molecule is COC(=O)c1cc(-c2c(Cl)cc(Cl)cc2Cl)cnc1Cl. The lowest BCUT2D eigenvalue weighted by Crippen LogP contribution is -2.03. The average Bonchev–Trinajstić information content (AvgIpc) is 2.38. The maximum absolute atomic E-state index is 11.6. The Bertz CT molecular complexity index is 665. The summed E-state index contributed by atoms with van der Waals surface area (Å²) in [6, 6.07) is 4.62. The van der Waals surface area contributed by atoms with Crippen molar-refractivity contribution in [3.63, 3.8) is 0 Å². The predicted octanol–water partition coefficient (Wildman–Crippen LogP) is 5.15. The standard InChI is InChI=1S/C13H7Cl4NO2/c1-20-13(19)8-2-6(5-18-12(8)17)11-9(15)3-7(14)4-10(11)16/h2-5H,1H3. The van der Waals surface area contributed by atoms with Crippen LogP contribution in [0.1, 0.15) is 10.4 Å². The molecule has 1 heterocycles. The van der Waals surface area contributed by atoms with Gasteiger partial charge in [0.05, 0.1) is 22.7 Å². The van der Waals surface area contributed by atoms with E-state index in [0.29, 0.717) is 26.2 Å². The van der Waals surface area contributed by atoms with Crippen LogP contribution in [-0.4, -0.2) is 18.1 Å². The Labute approximate surface area is 135 Å². The maximum Gasteiger partial charge on any atom is 0.341 e. The highest BCUT2D eigenvalue weighted by molar-refractivity contribution is 6.42. The summed E-state index contributed by atoms with van der Waals surface area (Å²) in [6.07, 6.45) is 1.47. The first-order valence-electron chi connectivity index (χ1n) is 5.32. The fourth-order valence-corrected chi connectivity index (χ4v) is 2.87. The number of ether oxygens (including phenoxy) is 1. The largest absolute Gasteiger partial charge is 0.465 e. The van der Waals surface area contributed by atoms with Gasteiger partial charge in [0.1, 0.15) is 5.15 Å². The summed E-state index contributed by atoms with van der Waals surface area (Å²) in [6.45, 7) is 0. The predicted molar refractivity (Wildman–Crippen MR) is 81.1 cm³/mol. The van der Waals surface area contributed by atoms with Gasteiger partial charge >= 0.3 is 5.97 Å². The fourth-order valence-electron chi connectivity index (χ4n) is 1.66. The summed E-state index contributed by atoms with van der Waals surface area (Å²) in [7, 11) is 1.26. The van der Waals surface area contributed by atoms with E-state index in [2.05, 4.69) is 9.72 Å². The molecule has 0 aliphatic carbocycles. The Morgan fingerprint density at radius 2 is 1.70 bits per heavy atom. The molecule has 0 aliphatic heterocycles. The van der Waals surface area contributed by atoms with Gasteiger partial charge in [0, 0.05) is 22.3 Å². The van der Waals surface area contributed by atoms with Crippen LogP contribution < -0.4 is 0 Å². The van der Waals surface area contributed by atoms with Gasteiger partial charge in [-0.15, -0.1) is 0 Å². The molecule has 20 heavy (non-hydrogen) atoms. The highest BCUT2D eigenvalue weighted by Crippen LogP contribution is 2.37. The molecule has 2 rings (SSSR count). The normalized spacial score (nSPS) is 10.4. The molecule has 0 radical (unpaired) electrons. The Balaban J connectivity index is 2.63. The number of hydrogen-bond acceptors (Lipinski definition) is 3. The van der Waals surface area contributed by atoms with Crippen molar-refractivity contribution >= 4 is 52.4 Å². The molecule has 1 aromatic heterocycles. The van der Waals surface area contributed by atoms with Crippen LogP contribution in [0.5, 0.6) is 0 Å². The third-order valence-corrected chi connectivity index (χ3v) is 3.66. The molecule has 0 fully saturated rings. The third-order valence-electron chi connectivity index (χ3n) is 2.54. The van der Waals surface area contributed by atoms with Gasteiger partial charge in [0.25, 0.3) is 0 Å². The number of rotatable bonds is 2. The second kappa shape index (κ2) is 6.19. The Morgan fingerprint density at radius 1 is 1.10 bits per heavy atom. The number of esters is 1. The van der Waals surface area contributed by atoms with E-state index in [-0.39, 0.29) is 10.7 Å². The van der Waals surface area contributed by atoms with E-state index in [1.807, 2.05) is 0 Å². The van der Waals surface area contributed by atoms with Crippen LogP contribution in [0.2, 0.25) is 20.2 Å². The minimum Gasteiger partial charge on any atom is -0.465 e. The number of nitrogens with zero attached hydrogens (tertiary/aromatic N) is 1. The van der Waals surface area contributed by atoms with E-state index >= 15 is 0 Å². The number of carbonyl (C=O) groups excluding carboxylic acids is 1. The molecule has 2 aromatic rings. The van der Waals surface area contributed by atoms with Crippen LogP contribution in [0.25, 0.3) is 11.1 Å². The molecule has 0 aliphatic rings. The highest BCUT2D eigenvalue weighted by atomic mass is 35.5. The number of carbonyl (C=O) groups is 1. The van der Waals surface area contributed by atoms with Crippen molar-refractivity contribution in [2.75, 3.05) is 7.11 Å². The van der Waals surface area contributed by atoms with Crippen molar-refractivity contribution in [2.24, 2.45) is 0 Å². The summed E-state index contributed by atoms with van der Waals surface area (Å²) >= 11 is 24.0. The molecular formula is C13H7Cl4NO2. The number of hydrogen-bond donors (Lipinski definition) is 0. The molecule has 0 bridgehead atoms. The number of methoxy groups -OCH3 is 1. The quantitative estimate of drug-likeness (QED) is 0.555. The summed E-state index contributed by atoms with van der Waals surface area (Å²) in [4.78, 5) is 15.6. The van der Waals surface area contributed by atoms with Gasteiger partial charge in [-0.3, -0.25) is 0 Å². The van der Waals surface area contributed by atoms with Crippen molar-refractivity contribution in [2.45, 2.75) is 0 Å². The van der Waals surface area contributed by atoms with Crippen LogP contribution in [0.3, 0.4) is 0 Å². The molecule has 0 atom stereocenters. The molecular weight excluding hydrogens is 344 g/mol.